The van der Waals surface area contributed by atoms with E-state index in [-0.39, 0.29) is 5.78 Å². The SMILES string of the molecule is O=C(c1cc2ccccc2[nH]1)c1cc2c(Nc3cccc(I)c3)ncnc2[nH]1. The number of H-pyrrole nitrogens is 2. The number of rotatable bonds is 4. The number of para-hydroxylation sites is 1. The van der Waals surface area contributed by atoms with Crippen LogP contribution in [0.2, 0.25) is 0 Å². The molecule has 2 aromatic carbocycles. The van der Waals surface area contributed by atoms with Crippen LogP contribution in [0.1, 0.15) is 16.2 Å². The summed E-state index contributed by atoms with van der Waals surface area (Å²) in [5.74, 6) is 0.536. The third-order valence-electron chi connectivity index (χ3n) is 4.53. The minimum atomic E-state index is -0.116. The minimum absolute atomic E-state index is 0.116. The number of nitrogens with zero attached hydrogens (tertiary/aromatic N) is 2. The molecular formula is C21H14IN5O. The van der Waals surface area contributed by atoms with Gasteiger partial charge in [0.05, 0.1) is 16.8 Å². The van der Waals surface area contributed by atoms with Crippen molar-refractivity contribution in [2.75, 3.05) is 5.32 Å². The van der Waals surface area contributed by atoms with Crippen LogP contribution >= 0.6 is 22.6 Å². The maximum atomic E-state index is 13.0. The number of hydrogen-bond donors (Lipinski definition) is 3. The number of halogens is 1. The quantitative estimate of drug-likeness (QED) is 0.250. The Hall–Kier alpha value is -3.20. The Morgan fingerprint density at radius 1 is 0.929 bits per heavy atom. The van der Waals surface area contributed by atoms with Crippen LogP contribution in [0.25, 0.3) is 21.9 Å². The molecule has 0 fully saturated rings. The monoisotopic (exact) mass is 479 g/mol. The summed E-state index contributed by atoms with van der Waals surface area (Å²) >= 11 is 2.26. The largest absolute Gasteiger partial charge is 0.352 e. The molecule has 0 amide bonds. The van der Waals surface area contributed by atoms with Crippen molar-refractivity contribution in [3.63, 3.8) is 0 Å². The first-order chi connectivity index (χ1) is 13.7. The summed E-state index contributed by atoms with van der Waals surface area (Å²) in [5, 5.41) is 5.07. The normalized spacial score (nSPS) is 11.2. The van der Waals surface area contributed by atoms with Gasteiger partial charge in [0.15, 0.2) is 0 Å². The van der Waals surface area contributed by atoms with Gasteiger partial charge in [-0.15, -0.1) is 0 Å². The number of carbonyl (C=O) groups is 1. The molecule has 0 spiro atoms. The van der Waals surface area contributed by atoms with E-state index in [2.05, 4.69) is 47.8 Å². The van der Waals surface area contributed by atoms with Gasteiger partial charge in [-0.2, -0.15) is 0 Å². The van der Waals surface area contributed by atoms with Crippen LogP contribution in [-0.2, 0) is 0 Å². The third kappa shape index (κ3) is 3.03. The molecule has 0 radical (unpaired) electrons. The van der Waals surface area contributed by atoms with E-state index in [4.69, 9.17) is 0 Å². The Morgan fingerprint density at radius 2 is 1.79 bits per heavy atom. The average Bonchev–Trinajstić information content (AvgIpc) is 3.32. The van der Waals surface area contributed by atoms with Crippen molar-refractivity contribution in [2.24, 2.45) is 0 Å². The molecule has 3 aromatic heterocycles. The molecule has 0 bridgehead atoms. The Bertz CT molecular complexity index is 1300. The topological polar surface area (TPSA) is 86.5 Å². The van der Waals surface area contributed by atoms with Crippen LogP contribution in [0.5, 0.6) is 0 Å². The van der Waals surface area contributed by atoms with Gasteiger partial charge in [0.1, 0.15) is 17.8 Å². The second-order valence-corrected chi connectivity index (χ2v) is 7.65. The molecule has 0 saturated heterocycles. The third-order valence-corrected chi connectivity index (χ3v) is 5.20. The molecule has 0 saturated carbocycles. The van der Waals surface area contributed by atoms with Crippen molar-refractivity contribution in [3.05, 3.63) is 81.9 Å². The zero-order valence-corrected chi connectivity index (χ0v) is 16.7. The van der Waals surface area contributed by atoms with E-state index in [1.54, 1.807) is 6.07 Å². The molecule has 3 heterocycles. The highest BCUT2D eigenvalue weighted by Gasteiger charge is 2.17. The van der Waals surface area contributed by atoms with E-state index in [0.717, 1.165) is 25.5 Å². The number of benzene rings is 2. The second kappa shape index (κ2) is 6.75. The summed E-state index contributed by atoms with van der Waals surface area (Å²) in [4.78, 5) is 27.9. The number of carbonyl (C=O) groups excluding carboxylic acids is 1. The predicted molar refractivity (Wildman–Crippen MR) is 118 cm³/mol. The molecule has 0 unspecified atom stereocenters. The molecule has 28 heavy (non-hydrogen) atoms. The Kier molecular flexibility index (Phi) is 4.09. The molecule has 7 heteroatoms. The molecule has 0 aliphatic rings. The van der Waals surface area contributed by atoms with E-state index >= 15 is 0 Å². The zero-order valence-electron chi connectivity index (χ0n) is 14.5. The first-order valence-electron chi connectivity index (χ1n) is 8.66. The summed E-state index contributed by atoms with van der Waals surface area (Å²) in [5.41, 5.74) is 3.47. The summed E-state index contributed by atoms with van der Waals surface area (Å²) in [6, 6.07) is 19.5. The van der Waals surface area contributed by atoms with Gasteiger partial charge in [0.2, 0.25) is 5.78 Å². The van der Waals surface area contributed by atoms with Crippen LogP contribution in [0.4, 0.5) is 11.5 Å². The Balaban J connectivity index is 1.53. The summed E-state index contributed by atoms with van der Waals surface area (Å²) in [7, 11) is 0. The maximum absolute atomic E-state index is 13.0. The Morgan fingerprint density at radius 3 is 2.64 bits per heavy atom. The molecule has 5 aromatic rings. The second-order valence-electron chi connectivity index (χ2n) is 6.40. The first-order valence-corrected chi connectivity index (χ1v) is 9.74. The van der Waals surface area contributed by atoms with Gasteiger partial charge >= 0.3 is 0 Å². The molecule has 3 N–H and O–H groups in total. The molecule has 6 nitrogen and oxygen atoms in total. The van der Waals surface area contributed by atoms with Crippen molar-refractivity contribution in [1.82, 2.24) is 19.9 Å². The first kappa shape index (κ1) is 16.9. The highest BCUT2D eigenvalue weighted by atomic mass is 127. The van der Waals surface area contributed by atoms with E-state index in [0.29, 0.717) is 22.9 Å². The Labute approximate surface area is 173 Å². The van der Waals surface area contributed by atoms with Gasteiger partial charge in [0.25, 0.3) is 0 Å². The number of ketones is 1. The number of aromatic nitrogens is 4. The maximum Gasteiger partial charge on any atom is 0.225 e. The van der Waals surface area contributed by atoms with Crippen molar-refractivity contribution in [2.45, 2.75) is 0 Å². The van der Waals surface area contributed by atoms with Crippen LogP contribution in [0.3, 0.4) is 0 Å². The van der Waals surface area contributed by atoms with Gasteiger partial charge in [-0.1, -0.05) is 24.3 Å². The van der Waals surface area contributed by atoms with Crippen molar-refractivity contribution >= 4 is 61.8 Å². The lowest BCUT2D eigenvalue weighted by Crippen LogP contribution is -2.01. The molecule has 0 aliphatic carbocycles. The van der Waals surface area contributed by atoms with Crippen LogP contribution in [0, 0.1) is 3.57 Å². The summed E-state index contributed by atoms with van der Waals surface area (Å²) < 4.78 is 1.12. The molecular weight excluding hydrogens is 465 g/mol. The highest BCUT2D eigenvalue weighted by Crippen LogP contribution is 2.26. The molecule has 136 valence electrons. The standard InChI is InChI=1S/C21H14IN5O/c22-13-5-3-6-14(9-13)25-20-15-10-18(27-21(15)24-11-23-20)19(28)17-8-12-4-1-2-7-16(12)26-17/h1-11,26H,(H2,23,24,25,27). The number of fused-ring (bicyclic) bond motifs is 2. The lowest BCUT2D eigenvalue weighted by Gasteiger charge is -2.06. The zero-order chi connectivity index (χ0) is 19.1. The fourth-order valence-corrected chi connectivity index (χ4v) is 3.75. The van der Waals surface area contributed by atoms with E-state index in [1.807, 2.05) is 54.6 Å². The number of anilines is 2. The average molecular weight is 479 g/mol. The van der Waals surface area contributed by atoms with Crippen LogP contribution in [-0.4, -0.2) is 25.7 Å². The molecule has 5 rings (SSSR count). The number of hydrogen-bond acceptors (Lipinski definition) is 4. The van der Waals surface area contributed by atoms with Crippen molar-refractivity contribution in [1.29, 1.82) is 0 Å². The van der Waals surface area contributed by atoms with E-state index in [1.165, 1.54) is 6.33 Å². The fraction of sp³-hybridized carbons (Fsp3) is 0. The smallest absolute Gasteiger partial charge is 0.225 e. The predicted octanol–water partition coefficient (Wildman–Crippen LogP) is 5.02. The minimum Gasteiger partial charge on any atom is -0.352 e. The highest BCUT2D eigenvalue weighted by molar-refractivity contribution is 14.1. The van der Waals surface area contributed by atoms with Gasteiger partial charge in [-0.25, -0.2) is 9.97 Å². The summed E-state index contributed by atoms with van der Waals surface area (Å²) in [6.07, 6.45) is 1.48. The van der Waals surface area contributed by atoms with Crippen molar-refractivity contribution < 1.29 is 4.79 Å². The van der Waals surface area contributed by atoms with Crippen LogP contribution in [0.15, 0.2) is 67.0 Å². The molecule has 0 aliphatic heterocycles. The van der Waals surface area contributed by atoms with Crippen LogP contribution < -0.4 is 5.32 Å². The van der Waals surface area contributed by atoms with Gasteiger partial charge < -0.3 is 15.3 Å². The fourth-order valence-electron chi connectivity index (χ4n) is 3.21. The van der Waals surface area contributed by atoms with Crippen molar-refractivity contribution in [3.8, 4) is 0 Å². The number of nitrogens with one attached hydrogen (secondary N) is 3. The summed E-state index contributed by atoms with van der Waals surface area (Å²) in [6.45, 7) is 0. The van der Waals surface area contributed by atoms with E-state index in [9.17, 15) is 4.79 Å². The van der Waals surface area contributed by atoms with Gasteiger partial charge in [-0.05, 0) is 59.0 Å². The lowest BCUT2D eigenvalue weighted by molar-refractivity contribution is 0.103. The van der Waals surface area contributed by atoms with Gasteiger partial charge in [0, 0.05) is 20.2 Å². The molecule has 0 atom stereocenters. The number of aromatic amines is 2. The van der Waals surface area contributed by atoms with E-state index < -0.39 is 0 Å². The van der Waals surface area contributed by atoms with Gasteiger partial charge in [-0.3, -0.25) is 4.79 Å². The lowest BCUT2D eigenvalue weighted by atomic mass is 10.2.